The third-order valence-corrected chi connectivity index (χ3v) is 8.57. The topological polar surface area (TPSA) is 114 Å². The zero-order valence-electron chi connectivity index (χ0n) is 22.4. The van der Waals surface area contributed by atoms with Gasteiger partial charge in [-0.15, -0.1) is 0 Å². The lowest BCUT2D eigenvalue weighted by Crippen LogP contribution is -2.52. The number of aliphatic hydroxyl groups excluding tert-OH is 2. The molecule has 2 aliphatic heterocycles. The van der Waals surface area contributed by atoms with Crippen LogP contribution in [0, 0.1) is 23.7 Å². The second-order valence-electron chi connectivity index (χ2n) is 11.0. The normalized spacial score (nSPS) is 40.3. The molecule has 3 aliphatic rings. The lowest BCUT2D eigenvalue weighted by atomic mass is 9.69. The Morgan fingerprint density at radius 1 is 1.26 bits per heavy atom. The minimum absolute atomic E-state index is 0.0248. The van der Waals surface area contributed by atoms with E-state index < -0.39 is 36.0 Å². The van der Waals surface area contributed by atoms with Crippen molar-refractivity contribution in [2.75, 3.05) is 27.2 Å². The van der Waals surface area contributed by atoms with Gasteiger partial charge in [0.15, 0.2) is 6.10 Å². The number of esters is 1. The van der Waals surface area contributed by atoms with Gasteiger partial charge < -0.3 is 30.2 Å². The Hall–Kier alpha value is -1.29. The van der Waals surface area contributed by atoms with Crippen molar-refractivity contribution < 1.29 is 29.2 Å². The number of rotatable bonds is 8. The molecule has 35 heavy (non-hydrogen) atoms. The number of nitrogens with two attached hydrogens (primary N) is 1. The van der Waals surface area contributed by atoms with Gasteiger partial charge in [-0.2, -0.15) is 0 Å². The van der Waals surface area contributed by atoms with Gasteiger partial charge in [0.25, 0.3) is 0 Å². The zero-order valence-corrected chi connectivity index (χ0v) is 22.4. The van der Waals surface area contributed by atoms with Crippen molar-refractivity contribution in [1.29, 1.82) is 0 Å². The second-order valence-corrected chi connectivity index (χ2v) is 11.0. The Morgan fingerprint density at radius 3 is 2.51 bits per heavy atom. The largest absolute Gasteiger partial charge is 0.457 e. The molecule has 0 aromatic heterocycles. The fraction of sp³-hybridized carbons (Fsp3) is 0.815. The van der Waals surface area contributed by atoms with Crippen LogP contribution in [0.1, 0.15) is 47.5 Å². The summed E-state index contributed by atoms with van der Waals surface area (Å²) in [7, 11) is 3.56. The molecule has 0 saturated carbocycles. The molecular weight excluding hydrogens is 448 g/mol. The van der Waals surface area contributed by atoms with Gasteiger partial charge >= 0.3 is 5.97 Å². The van der Waals surface area contributed by atoms with Crippen LogP contribution in [0.4, 0.5) is 0 Å². The van der Waals surface area contributed by atoms with Crippen molar-refractivity contribution in [2.45, 2.75) is 89.6 Å². The summed E-state index contributed by atoms with van der Waals surface area (Å²) >= 11 is 0. The van der Waals surface area contributed by atoms with Crippen molar-refractivity contribution in [3.8, 4) is 0 Å². The number of hydrogen-bond donors (Lipinski definition) is 3. The van der Waals surface area contributed by atoms with E-state index in [1.54, 1.807) is 6.92 Å². The highest BCUT2D eigenvalue weighted by atomic mass is 16.6. The number of likely N-dealkylation sites (N-methyl/N-ethyl adjacent to an activating group) is 1. The van der Waals surface area contributed by atoms with Gasteiger partial charge in [0.2, 0.25) is 0 Å². The molecule has 1 fully saturated rings. The number of hydrogen-bond acceptors (Lipinski definition) is 8. The molecule has 1 unspecified atom stereocenters. The van der Waals surface area contributed by atoms with Crippen LogP contribution in [0.5, 0.6) is 0 Å². The number of cyclic esters (lactones) is 1. The van der Waals surface area contributed by atoms with Gasteiger partial charge in [0.05, 0.1) is 23.9 Å². The number of carbonyl (C=O) groups is 1. The van der Waals surface area contributed by atoms with E-state index in [4.69, 9.17) is 19.9 Å². The van der Waals surface area contributed by atoms with Gasteiger partial charge in [-0.3, -0.25) is 4.90 Å². The molecule has 11 atom stereocenters. The molecule has 0 radical (unpaired) electrons. The summed E-state index contributed by atoms with van der Waals surface area (Å²) in [6, 6.07) is -0.0274. The van der Waals surface area contributed by atoms with E-state index in [0.717, 1.165) is 12.0 Å². The third-order valence-electron chi connectivity index (χ3n) is 8.57. The molecule has 1 spiro atoms. The summed E-state index contributed by atoms with van der Waals surface area (Å²) < 4.78 is 18.4. The summed E-state index contributed by atoms with van der Waals surface area (Å²) in [4.78, 5) is 15.2. The quantitative estimate of drug-likeness (QED) is 0.346. The molecule has 0 aromatic rings. The lowest BCUT2D eigenvalue weighted by molar-refractivity contribution is -0.171. The average Bonchev–Trinajstić information content (AvgIpc) is 3.10. The van der Waals surface area contributed by atoms with Crippen LogP contribution in [-0.4, -0.2) is 90.5 Å². The molecular formula is C27H46N2O6. The minimum Gasteiger partial charge on any atom is -0.457 e. The average molecular weight is 495 g/mol. The summed E-state index contributed by atoms with van der Waals surface area (Å²) in [6.07, 6.45) is 4.82. The van der Waals surface area contributed by atoms with Gasteiger partial charge in [-0.1, -0.05) is 32.1 Å². The Kier molecular flexibility index (Phi) is 9.21. The van der Waals surface area contributed by atoms with E-state index in [2.05, 4.69) is 37.0 Å². The second kappa shape index (κ2) is 11.4. The van der Waals surface area contributed by atoms with E-state index in [-0.39, 0.29) is 35.8 Å². The standard InChI is InChI=1S/C27H46N2O6/c1-15-12-16(2)27-14-20(25(35-27)23(17(3)18(4)30)29(6)11-10-28)8-9-21(27)13-22(33-7)26(32)34-24(15)19(5)31/h8-9,12,15,17-25,30-31H,10-11,13-14,28H2,1-7H3/b16-12+/t15-,17?,18+,19-,20-,21-,22+,23+,24+,25-,27+/m1/s1. The van der Waals surface area contributed by atoms with Crippen LogP contribution in [0.25, 0.3) is 0 Å². The van der Waals surface area contributed by atoms with Gasteiger partial charge in [0, 0.05) is 44.0 Å². The van der Waals surface area contributed by atoms with Crippen LogP contribution >= 0.6 is 0 Å². The zero-order chi connectivity index (χ0) is 26.1. The molecule has 8 heteroatoms. The molecule has 0 aromatic carbocycles. The van der Waals surface area contributed by atoms with Crippen LogP contribution in [0.2, 0.25) is 0 Å². The van der Waals surface area contributed by atoms with E-state index in [0.29, 0.717) is 19.5 Å². The Bertz CT molecular complexity index is 799. The number of aliphatic hydroxyl groups is 2. The number of ether oxygens (including phenoxy) is 3. The predicted molar refractivity (Wildman–Crippen MR) is 135 cm³/mol. The van der Waals surface area contributed by atoms with Gasteiger partial charge in [-0.05, 0) is 52.2 Å². The first kappa shape index (κ1) is 28.3. The molecule has 0 amide bonds. The first-order chi connectivity index (χ1) is 16.5. The molecule has 1 saturated heterocycles. The molecule has 200 valence electrons. The first-order valence-corrected chi connectivity index (χ1v) is 13.0. The van der Waals surface area contributed by atoms with E-state index in [1.165, 1.54) is 7.11 Å². The molecule has 2 bridgehead atoms. The van der Waals surface area contributed by atoms with Crippen LogP contribution < -0.4 is 5.73 Å². The van der Waals surface area contributed by atoms with Crippen molar-refractivity contribution in [2.24, 2.45) is 29.4 Å². The van der Waals surface area contributed by atoms with Crippen molar-refractivity contribution in [3.05, 3.63) is 23.8 Å². The Balaban J connectivity index is 2.06. The number of methoxy groups -OCH3 is 1. The summed E-state index contributed by atoms with van der Waals surface area (Å²) in [6.45, 7) is 10.8. The maximum Gasteiger partial charge on any atom is 0.335 e. The molecule has 3 rings (SSSR count). The van der Waals surface area contributed by atoms with Crippen molar-refractivity contribution >= 4 is 5.97 Å². The highest BCUT2D eigenvalue weighted by Gasteiger charge is 2.57. The molecule has 8 nitrogen and oxygen atoms in total. The molecule has 1 aliphatic carbocycles. The SMILES string of the molecule is CO[C@H]1C[C@H]2C=C[C@@H]3C[C@]2(O[C@H]3[C@H](C(C)[C@H](C)O)N(C)CCN)/C(C)=C/[C@@H](C)[C@@H]([C@@H](C)O)OC1=O. The number of nitrogens with zero attached hydrogens (tertiary/aromatic N) is 1. The number of fused-ring (bicyclic) bond motifs is 1. The maximum absolute atomic E-state index is 13.0. The number of carbonyl (C=O) groups excluding carboxylic acids is 1. The Labute approximate surface area is 210 Å². The minimum atomic E-state index is -0.819. The highest BCUT2D eigenvalue weighted by molar-refractivity contribution is 5.75. The summed E-state index contributed by atoms with van der Waals surface area (Å²) in [5.74, 6) is -0.594. The summed E-state index contributed by atoms with van der Waals surface area (Å²) in [5.41, 5.74) is 6.37. The Morgan fingerprint density at radius 2 is 1.94 bits per heavy atom. The highest BCUT2D eigenvalue weighted by Crippen LogP contribution is 2.53. The third kappa shape index (κ3) is 5.53. The van der Waals surface area contributed by atoms with Crippen LogP contribution in [0.3, 0.4) is 0 Å². The molecule has 2 heterocycles. The summed E-state index contributed by atoms with van der Waals surface area (Å²) in [5, 5.41) is 20.9. The van der Waals surface area contributed by atoms with Gasteiger partial charge in [0.1, 0.15) is 6.10 Å². The van der Waals surface area contributed by atoms with Crippen LogP contribution in [-0.2, 0) is 19.0 Å². The predicted octanol–water partition coefficient (Wildman–Crippen LogP) is 1.89. The van der Waals surface area contributed by atoms with Crippen molar-refractivity contribution in [1.82, 2.24) is 4.90 Å². The fourth-order valence-electron chi connectivity index (χ4n) is 6.43. The van der Waals surface area contributed by atoms with E-state index in [9.17, 15) is 15.0 Å². The maximum atomic E-state index is 13.0. The van der Waals surface area contributed by atoms with Crippen LogP contribution in [0.15, 0.2) is 23.8 Å². The van der Waals surface area contributed by atoms with Gasteiger partial charge in [-0.25, -0.2) is 4.79 Å². The van der Waals surface area contributed by atoms with Crippen molar-refractivity contribution in [3.63, 3.8) is 0 Å². The first-order valence-electron chi connectivity index (χ1n) is 13.0. The fourth-order valence-corrected chi connectivity index (χ4v) is 6.43. The van der Waals surface area contributed by atoms with E-state index >= 15 is 0 Å². The lowest BCUT2D eigenvalue weighted by Gasteiger charge is -2.42. The molecule has 4 N–H and O–H groups in total. The van der Waals surface area contributed by atoms with E-state index in [1.807, 2.05) is 20.9 Å². The monoisotopic (exact) mass is 494 g/mol. The smallest absolute Gasteiger partial charge is 0.335 e.